The fraction of sp³-hybridized carbons (Fsp3) is 0.500. The number of hydrogen-bond donors (Lipinski definition) is 1. The first-order valence-corrected chi connectivity index (χ1v) is 4.71. The lowest BCUT2D eigenvalue weighted by molar-refractivity contribution is -0.115. The summed E-state index contributed by atoms with van der Waals surface area (Å²) in [5, 5.41) is 0. The number of primary amides is 1. The first-order chi connectivity index (χ1) is 3.92. The summed E-state index contributed by atoms with van der Waals surface area (Å²) in [6.45, 7) is 0. The maximum atomic E-state index is 9.84. The zero-order chi connectivity index (χ0) is 7.49. The van der Waals surface area contributed by atoms with Gasteiger partial charge in [0.15, 0.2) is 0 Å². The van der Waals surface area contributed by atoms with Gasteiger partial charge in [0, 0.05) is 0 Å². The summed E-state index contributed by atoms with van der Waals surface area (Å²) >= 11 is 0. The van der Waals surface area contributed by atoms with Crippen molar-refractivity contribution in [2.24, 2.45) is 5.73 Å². The van der Waals surface area contributed by atoms with Crippen LogP contribution in [0.15, 0.2) is 0 Å². The average molecular weight is 170 g/mol. The second-order valence-corrected chi connectivity index (χ2v) is 4.41. The summed E-state index contributed by atoms with van der Waals surface area (Å²) in [5.74, 6) is -1.30. The third kappa shape index (κ3) is 7.73. The molecule has 0 aliphatic rings. The molecular weight excluding hydrogens is 166 g/mol. The molecule has 1 amide bonds. The molecule has 0 atom stereocenters. The standard InChI is InChI=1S/C2H5NO4S2/c3-2(4)1-8-9(5,6)7/h1H2,(H2,3,4)(H,5,6,7)/p-1. The van der Waals surface area contributed by atoms with Gasteiger partial charge in [0.25, 0.3) is 0 Å². The normalized spacial score (nSPS) is 11.2. The first-order valence-electron chi connectivity index (χ1n) is 1.80. The summed E-state index contributed by atoms with van der Waals surface area (Å²) < 4.78 is 29.2. The first kappa shape index (κ1) is 8.73. The predicted molar refractivity (Wildman–Crippen MR) is 31.3 cm³/mol. The van der Waals surface area contributed by atoms with E-state index in [4.69, 9.17) is 0 Å². The molecule has 0 fully saturated rings. The zero-order valence-corrected chi connectivity index (χ0v) is 5.87. The number of nitrogens with two attached hydrogens (primary N) is 1. The Morgan fingerprint density at radius 1 is 1.67 bits per heavy atom. The smallest absolute Gasteiger partial charge is 0.228 e. The van der Waals surface area contributed by atoms with Crippen LogP contribution in [0.2, 0.25) is 0 Å². The van der Waals surface area contributed by atoms with Crippen LogP contribution in [0, 0.1) is 0 Å². The van der Waals surface area contributed by atoms with Gasteiger partial charge < -0.3 is 10.3 Å². The summed E-state index contributed by atoms with van der Waals surface area (Å²) in [4.78, 5) is 9.84. The molecule has 0 aliphatic heterocycles. The summed E-state index contributed by atoms with van der Waals surface area (Å²) in [6, 6.07) is 0. The molecule has 2 N–H and O–H groups in total. The second-order valence-electron chi connectivity index (χ2n) is 1.14. The lowest BCUT2D eigenvalue weighted by Crippen LogP contribution is -2.14. The number of carbonyl (C=O) groups is 1. The highest BCUT2D eigenvalue weighted by Gasteiger charge is 1.98. The van der Waals surface area contributed by atoms with Crippen molar-refractivity contribution in [2.45, 2.75) is 0 Å². The maximum absolute atomic E-state index is 9.84. The second kappa shape index (κ2) is 3.04. The largest absolute Gasteiger partial charge is 0.739 e. The Kier molecular flexibility index (Phi) is 2.95. The lowest BCUT2D eigenvalue weighted by atomic mass is 10.8. The Morgan fingerprint density at radius 3 is 2.22 bits per heavy atom. The van der Waals surface area contributed by atoms with E-state index in [1.54, 1.807) is 0 Å². The van der Waals surface area contributed by atoms with Crippen LogP contribution in [0.1, 0.15) is 0 Å². The quantitative estimate of drug-likeness (QED) is 0.417. The van der Waals surface area contributed by atoms with Crippen LogP contribution >= 0.6 is 10.8 Å². The van der Waals surface area contributed by atoms with Crippen molar-refractivity contribution in [1.29, 1.82) is 0 Å². The highest BCUT2D eigenvalue weighted by molar-refractivity contribution is 8.70. The Bertz CT molecular complexity index is 195. The van der Waals surface area contributed by atoms with E-state index in [0.717, 1.165) is 0 Å². The Labute approximate surface area is 55.8 Å². The number of hydrogen-bond acceptors (Lipinski definition) is 5. The molecule has 0 saturated carbocycles. The number of amides is 1. The molecule has 0 aliphatic carbocycles. The van der Waals surface area contributed by atoms with Crippen LogP contribution in [-0.4, -0.2) is 24.6 Å². The minimum Gasteiger partial charge on any atom is -0.739 e. The van der Waals surface area contributed by atoms with E-state index < -0.39 is 20.8 Å². The molecule has 0 radical (unpaired) electrons. The third-order valence-electron chi connectivity index (χ3n) is 0.346. The van der Waals surface area contributed by atoms with Gasteiger partial charge in [0.05, 0.1) is 5.75 Å². The van der Waals surface area contributed by atoms with Gasteiger partial charge in [-0.3, -0.25) is 4.79 Å². The van der Waals surface area contributed by atoms with Crippen LogP contribution in [-0.2, 0) is 13.9 Å². The SMILES string of the molecule is NC(=O)CSS(=O)(=O)[O-]. The lowest BCUT2D eigenvalue weighted by Gasteiger charge is -2.01. The molecule has 0 bridgehead atoms. The molecule has 0 spiro atoms. The van der Waals surface area contributed by atoms with Crippen molar-refractivity contribution < 1.29 is 17.8 Å². The van der Waals surface area contributed by atoms with Crippen LogP contribution in [0.4, 0.5) is 0 Å². The van der Waals surface area contributed by atoms with Crippen LogP contribution in [0.25, 0.3) is 0 Å². The van der Waals surface area contributed by atoms with Crippen molar-refractivity contribution in [2.75, 3.05) is 5.75 Å². The minimum atomic E-state index is -4.35. The molecule has 0 heterocycles. The Balaban J connectivity index is 3.67. The van der Waals surface area contributed by atoms with Crippen LogP contribution in [0.3, 0.4) is 0 Å². The van der Waals surface area contributed by atoms with Crippen molar-refractivity contribution in [3.8, 4) is 0 Å². The van der Waals surface area contributed by atoms with Crippen LogP contribution < -0.4 is 5.73 Å². The van der Waals surface area contributed by atoms with E-state index in [0.29, 0.717) is 0 Å². The van der Waals surface area contributed by atoms with Crippen LogP contribution in [0.5, 0.6) is 0 Å². The fourth-order valence-corrected chi connectivity index (χ4v) is 1.17. The van der Waals surface area contributed by atoms with Gasteiger partial charge in [-0.15, -0.1) is 0 Å². The topological polar surface area (TPSA) is 100 Å². The molecule has 0 rings (SSSR count). The summed E-state index contributed by atoms with van der Waals surface area (Å²) in [5.41, 5.74) is 4.54. The van der Waals surface area contributed by atoms with Gasteiger partial charge in [-0.25, -0.2) is 8.42 Å². The Hall–Kier alpha value is -0.270. The molecule has 0 aromatic carbocycles. The van der Waals surface area contributed by atoms with Gasteiger partial charge >= 0.3 is 0 Å². The van der Waals surface area contributed by atoms with Gasteiger partial charge in [-0.05, 0) is 10.8 Å². The van der Waals surface area contributed by atoms with Crippen molar-refractivity contribution in [3.05, 3.63) is 0 Å². The van der Waals surface area contributed by atoms with Crippen molar-refractivity contribution in [3.63, 3.8) is 0 Å². The summed E-state index contributed by atoms with van der Waals surface area (Å²) in [6.07, 6.45) is 0. The van der Waals surface area contributed by atoms with Crippen molar-refractivity contribution in [1.82, 2.24) is 0 Å². The molecule has 0 unspecified atom stereocenters. The maximum Gasteiger partial charge on any atom is 0.228 e. The van der Waals surface area contributed by atoms with Gasteiger partial charge in [-0.2, -0.15) is 0 Å². The molecule has 7 heteroatoms. The molecule has 9 heavy (non-hydrogen) atoms. The van der Waals surface area contributed by atoms with Gasteiger partial charge in [-0.1, -0.05) is 0 Å². The zero-order valence-electron chi connectivity index (χ0n) is 4.23. The van der Waals surface area contributed by atoms with E-state index >= 15 is 0 Å². The predicted octanol–water partition coefficient (Wildman–Crippen LogP) is -1.33. The Morgan fingerprint density at radius 2 is 2.11 bits per heavy atom. The molecule has 0 saturated heterocycles. The third-order valence-corrected chi connectivity index (χ3v) is 2.26. The van der Waals surface area contributed by atoms with E-state index in [9.17, 15) is 17.8 Å². The fourth-order valence-electron chi connectivity index (χ4n) is 0.130. The highest BCUT2D eigenvalue weighted by Crippen LogP contribution is 2.06. The van der Waals surface area contributed by atoms with E-state index in [2.05, 4.69) is 5.73 Å². The minimum absolute atomic E-state index is 0.0162. The van der Waals surface area contributed by atoms with Crippen molar-refractivity contribution >= 4 is 25.9 Å². The molecule has 0 aromatic heterocycles. The van der Waals surface area contributed by atoms with Gasteiger partial charge in [0.1, 0.15) is 9.15 Å². The molecule has 54 valence electrons. The monoisotopic (exact) mass is 170 g/mol. The average Bonchev–Trinajstić information content (AvgIpc) is 1.59. The molecule has 5 nitrogen and oxygen atoms in total. The van der Waals surface area contributed by atoms with E-state index in [1.165, 1.54) is 0 Å². The van der Waals surface area contributed by atoms with Gasteiger partial charge in [0.2, 0.25) is 5.91 Å². The summed E-state index contributed by atoms with van der Waals surface area (Å²) in [7, 11) is -4.37. The highest BCUT2D eigenvalue weighted by atomic mass is 33.1. The molecular formula is C2H4NO4S2-. The molecule has 0 aromatic rings. The van der Waals surface area contributed by atoms with E-state index in [-0.39, 0.29) is 10.8 Å². The van der Waals surface area contributed by atoms with E-state index in [1.807, 2.05) is 0 Å². The number of rotatable bonds is 3. The number of carbonyl (C=O) groups excluding carboxylic acids is 1.